The molecule has 27 heavy (non-hydrogen) atoms. The first-order valence-corrected chi connectivity index (χ1v) is 10.2. The molecule has 1 aliphatic heterocycles. The molecule has 0 radical (unpaired) electrons. The quantitative estimate of drug-likeness (QED) is 0.482. The van der Waals surface area contributed by atoms with E-state index in [4.69, 9.17) is 9.41 Å². The topological polar surface area (TPSA) is 80.3 Å². The number of fused-ring (bicyclic) bond motifs is 1. The fraction of sp³-hybridized carbons (Fsp3) is 0.421. The van der Waals surface area contributed by atoms with Crippen LogP contribution < -0.4 is 10.6 Å². The minimum absolute atomic E-state index is 0.302. The van der Waals surface area contributed by atoms with Crippen molar-refractivity contribution in [2.75, 3.05) is 13.1 Å². The summed E-state index contributed by atoms with van der Waals surface area (Å²) in [4.78, 5) is 10.4. The highest BCUT2D eigenvalue weighted by Crippen LogP contribution is 2.12. The lowest BCUT2D eigenvalue weighted by molar-refractivity contribution is 0.392. The standard InChI is InChI=1S/C19H24N6OS/c1-3-16(26-11-1)7-9-20-19(21-10-8-17-4-2-12-27-17)24-15-5-6-18-22-14-23-25(18)13-15/h1-4,11-12,14-15H,5-10,13H2,(H2,20,21,24). The Hall–Kier alpha value is -2.61. The maximum atomic E-state index is 5.41. The van der Waals surface area contributed by atoms with Gasteiger partial charge in [0.2, 0.25) is 0 Å². The number of guanidine groups is 1. The maximum absolute atomic E-state index is 5.41. The Balaban J connectivity index is 1.34. The summed E-state index contributed by atoms with van der Waals surface area (Å²) in [5.41, 5.74) is 0. The number of nitrogens with zero attached hydrogens (tertiary/aromatic N) is 4. The summed E-state index contributed by atoms with van der Waals surface area (Å²) in [5, 5.41) is 13.4. The number of furan rings is 1. The fourth-order valence-electron chi connectivity index (χ4n) is 3.19. The van der Waals surface area contributed by atoms with Crippen molar-refractivity contribution in [3.8, 4) is 0 Å². The summed E-state index contributed by atoms with van der Waals surface area (Å²) in [5.74, 6) is 2.90. The first-order chi connectivity index (χ1) is 13.4. The summed E-state index contributed by atoms with van der Waals surface area (Å²) < 4.78 is 7.39. The zero-order valence-corrected chi connectivity index (χ0v) is 16.0. The predicted molar refractivity (Wildman–Crippen MR) is 106 cm³/mol. The third-order valence-corrected chi connectivity index (χ3v) is 5.53. The Morgan fingerprint density at radius 1 is 1.33 bits per heavy atom. The number of rotatable bonds is 7. The van der Waals surface area contributed by atoms with Crippen molar-refractivity contribution < 1.29 is 4.42 Å². The number of aromatic nitrogens is 3. The molecule has 2 N–H and O–H groups in total. The van der Waals surface area contributed by atoms with Crippen LogP contribution in [0.3, 0.4) is 0 Å². The van der Waals surface area contributed by atoms with Gasteiger partial charge in [0.15, 0.2) is 5.96 Å². The summed E-state index contributed by atoms with van der Waals surface area (Å²) in [6, 6.07) is 8.46. The molecule has 8 heteroatoms. The Bertz CT molecular complexity index is 840. The summed E-state index contributed by atoms with van der Waals surface area (Å²) in [6.07, 6.45) is 7.10. The molecular weight excluding hydrogens is 360 g/mol. The van der Waals surface area contributed by atoms with Crippen molar-refractivity contribution in [1.29, 1.82) is 0 Å². The molecule has 4 rings (SSSR count). The van der Waals surface area contributed by atoms with Gasteiger partial charge < -0.3 is 15.1 Å². The zero-order chi connectivity index (χ0) is 18.3. The van der Waals surface area contributed by atoms with Gasteiger partial charge in [-0.1, -0.05) is 6.07 Å². The number of nitrogens with one attached hydrogen (secondary N) is 2. The van der Waals surface area contributed by atoms with Crippen LogP contribution in [-0.4, -0.2) is 39.9 Å². The van der Waals surface area contributed by atoms with E-state index in [-0.39, 0.29) is 0 Å². The Kier molecular flexibility index (Phi) is 5.83. The third kappa shape index (κ3) is 4.97. The molecule has 0 aromatic carbocycles. The SMILES string of the molecule is c1coc(CCNC(=NCCc2cccs2)NC2CCc3ncnn3C2)c1. The maximum Gasteiger partial charge on any atom is 0.191 e. The van der Waals surface area contributed by atoms with E-state index in [1.165, 1.54) is 4.88 Å². The van der Waals surface area contributed by atoms with Crippen molar-refractivity contribution in [2.45, 2.75) is 38.3 Å². The van der Waals surface area contributed by atoms with Gasteiger partial charge >= 0.3 is 0 Å². The highest BCUT2D eigenvalue weighted by molar-refractivity contribution is 7.09. The third-order valence-electron chi connectivity index (χ3n) is 4.60. The summed E-state index contributed by atoms with van der Waals surface area (Å²) in [6.45, 7) is 2.36. The van der Waals surface area contributed by atoms with E-state index < -0.39 is 0 Å². The van der Waals surface area contributed by atoms with Gasteiger partial charge in [-0.15, -0.1) is 11.3 Å². The minimum atomic E-state index is 0.302. The molecule has 0 amide bonds. The van der Waals surface area contributed by atoms with Gasteiger partial charge in [-0.25, -0.2) is 9.67 Å². The molecule has 0 fully saturated rings. The Morgan fingerprint density at radius 2 is 2.33 bits per heavy atom. The van der Waals surface area contributed by atoms with Crippen molar-refractivity contribution in [3.63, 3.8) is 0 Å². The molecule has 142 valence electrons. The highest BCUT2D eigenvalue weighted by Gasteiger charge is 2.20. The molecule has 1 unspecified atom stereocenters. The van der Waals surface area contributed by atoms with E-state index >= 15 is 0 Å². The van der Waals surface area contributed by atoms with Crippen molar-refractivity contribution in [2.24, 2.45) is 4.99 Å². The van der Waals surface area contributed by atoms with Crippen molar-refractivity contribution >= 4 is 17.3 Å². The summed E-state index contributed by atoms with van der Waals surface area (Å²) >= 11 is 1.78. The average Bonchev–Trinajstić information content (AvgIpc) is 3.44. The van der Waals surface area contributed by atoms with E-state index in [2.05, 4.69) is 38.2 Å². The second-order valence-electron chi connectivity index (χ2n) is 6.55. The minimum Gasteiger partial charge on any atom is -0.469 e. The molecular formula is C19H24N6OS. The van der Waals surface area contributed by atoms with Gasteiger partial charge in [-0.3, -0.25) is 4.99 Å². The van der Waals surface area contributed by atoms with E-state index in [1.807, 2.05) is 16.8 Å². The summed E-state index contributed by atoms with van der Waals surface area (Å²) in [7, 11) is 0. The van der Waals surface area contributed by atoms with Crippen LogP contribution in [-0.2, 0) is 25.8 Å². The van der Waals surface area contributed by atoms with Crippen LogP contribution >= 0.6 is 11.3 Å². The smallest absolute Gasteiger partial charge is 0.191 e. The molecule has 0 aliphatic carbocycles. The van der Waals surface area contributed by atoms with Crippen LogP contribution in [0, 0.1) is 0 Å². The number of thiophene rings is 1. The Morgan fingerprint density at radius 3 is 3.19 bits per heavy atom. The average molecular weight is 385 g/mol. The van der Waals surface area contributed by atoms with Crippen molar-refractivity contribution in [3.05, 3.63) is 58.7 Å². The Labute approximate surface area is 162 Å². The molecule has 4 heterocycles. The highest BCUT2D eigenvalue weighted by atomic mass is 32.1. The van der Waals surface area contributed by atoms with Gasteiger partial charge in [0.25, 0.3) is 0 Å². The van der Waals surface area contributed by atoms with Gasteiger partial charge in [0, 0.05) is 43.3 Å². The van der Waals surface area contributed by atoms with E-state index in [1.54, 1.807) is 23.9 Å². The normalized spacial score (nSPS) is 16.9. The van der Waals surface area contributed by atoms with E-state index in [0.29, 0.717) is 6.04 Å². The number of aryl methyl sites for hydroxylation is 1. The largest absolute Gasteiger partial charge is 0.469 e. The van der Waals surface area contributed by atoms with Gasteiger partial charge in [0.05, 0.1) is 12.8 Å². The second kappa shape index (κ2) is 8.85. The van der Waals surface area contributed by atoms with E-state index in [0.717, 1.165) is 62.9 Å². The van der Waals surface area contributed by atoms with Crippen LogP contribution in [0.25, 0.3) is 0 Å². The van der Waals surface area contributed by atoms with E-state index in [9.17, 15) is 0 Å². The lowest BCUT2D eigenvalue weighted by Gasteiger charge is -2.25. The lowest BCUT2D eigenvalue weighted by atomic mass is 10.1. The van der Waals surface area contributed by atoms with Crippen LogP contribution in [0.2, 0.25) is 0 Å². The fourth-order valence-corrected chi connectivity index (χ4v) is 3.89. The second-order valence-corrected chi connectivity index (χ2v) is 7.59. The molecule has 0 bridgehead atoms. The molecule has 3 aromatic rings. The molecule has 1 atom stereocenters. The molecule has 0 saturated carbocycles. The number of hydrogen-bond acceptors (Lipinski definition) is 5. The molecule has 3 aromatic heterocycles. The zero-order valence-electron chi connectivity index (χ0n) is 15.2. The van der Waals surface area contributed by atoms with Gasteiger partial charge in [-0.05, 0) is 30.0 Å². The van der Waals surface area contributed by atoms with Crippen LogP contribution in [0.1, 0.15) is 22.9 Å². The van der Waals surface area contributed by atoms with Gasteiger partial charge in [-0.2, -0.15) is 5.10 Å². The van der Waals surface area contributed by atoms with Crippen LogP contribution in [0.15, 0.2) is 51.6 Å². The molecule has 1 aliphatic rings. The number of aliphatic imine (C=N–C) groups is 1. The molecule has 0 saturated heterocycles. The van der Waals surface area contributed by atoms with Crippen LogP contribution in [0.4, 0.5) is 0 Å². The van der Waals surface area contributed by atoms with Crippen molar-refractivity contribution in [1.82, 2.24) is 25.4 Å². The van der Waals surface area contributed by atoms with Gasteiger partial charge in [0.1, 0.15) is 17.9 Å². The van der Waals surface area contributed by atoms with Crippen LogP contribution in [0.5, 0.6) is 0 Å². The number of hydrogen-bond donors (Lipinski definition) is 2. The molecule has 7 nitrogen and oxygen atoms in total. The predicted octanol–water partition coefficient (Wildman–Crippen LogP) is 2.27. The lowest BCUT2D eigenvalue weighted by Crippen LogP contribution is -2.47. The monoisotopic (exact) mass is 384 g/mol. The first kappa shape index (κ1) is 17.8. The first-order valence-electron chi connectivity index (χ1n) is 9.33. The molecule has 0 spiro atoms.